The molecule has 6 nitrogen and oxygen atoms in total. The summed E-state index contributed by atoms with van der Waals surface area (Å²) in [7, 11) is 7.16. The first-order valence-corrected chi connectivity index (χ1v) is 7.88. The summed E-state index contributed by atoms with van der Waals surface area (Å²) < 4.78 is 5.39. The number of hydrogen-bond donors (Lipinski definition) is 2. The van der Waals surface area contributed by atoms with E-state index in [1.807, 2.05) is 0 Å². The molecule has 21 heavy (non-hydrogen) atoms. The summed E-state index contributed by atoms with van der Waals surface area (Å²) in [5.74, 6) is 0.497. The van der Waals surface area contributed by atoms with E-state index in [1.54, 1.807) is 21.2 Å². The molecular formula is C14H24N4O2S. The Balaban J connectivity index is 2.19. The molecule has 1 aliphatic heterocycles. The quantitative estimate of drug-likeness (QED) is 0.882. The van der Waals surface area contributed by atoms with E-state index >= 15 is 0 Å². The summed E-state index contributed by atoms with van der Waals surface area (Å²) in [5, 5.41) is 4.35. The van der Waals surface area contributed by atoms with Crippen LogP contribution in [0.15, 0.2) is 0 Å². The van der Waals surface area contributed by atoms with Gasteiger partial charge in [0.25, 0.3) is 5.91 Å². The molecule has 2 heterocycles. The summed E-state index contributed by atoms with van der Waals surface area (Å²) in [6.45, 7) is 2.15. The molecule has 0 spiro atoms. The zero-order valence-corrected chi connectivity index (χ0v) is 13.9. The van der Waals surface area contributed by atoms with E-state index in [9.17, 15) is 4.79 Å². The summed E-state index contributed by atoms with van der Waals surface area (Å²) in [6, 6.07) is 0.399. The molecule has 0 saturated carbocycles. The molecule has 0 radical (unpaired) electrons. The Labute approximate surface area is 129 Å². The van der Waals surface area contributed by atoms with Gasteiger partial charge < -0.3 is 25.6 Å². The number of rotatable bonds is 4. The third-order valence-electron chi connectivity index (χ3n) is 3.76. The van der Waals surface area contributed by atoms with Crippen LogP contribution >= 0.6 is 11.3 Å². The van der Waals surface area contributed by atoms with Crippen LogP contribution in [0.1, 0.15) is 22.5 Å². The van der Waals surface area contributed by atoms with Crippen molar-refractivity contribution in [1.29, 1.82) is 0 Å². The van der Waals surface area contributed by atoms with E-state index in [4.69, 9.17) is 10.5 Å². The van der Waals surface area contributed by atoms with Gasteiger partial charge in [0.05, 0.1) is 7.11 Å². The molecule has 1 amide bonds. The van der Waals surface area contributed by atoms with Crippen LogP contribution in [0.3, 0.4) is 0 Å². The second-order valence-electron chi connectivity index (χ2n) is 5.63. The lowest BCUT2D eigenvalue weighted by Gasteiger charge is -2.29. The van der Waals surface area contributed by atoms with Gasteiger partial charge in [0, 0.05) is 20.1 Å². The van der Waals surface area contributed by atoms with E-state index in [1.165, 1.54) is 16.2 Å². The molecule has 2 rings (SSSR count). The molecule has 1 aromatic heterocycles. The highest BCUT2D eigenvalue weighted by Crippen LogP contribution is 2.43. The predicted octanol–water partition coefficient (Wildman–Crippen LogP) is 1.55. The molecule has 1 saturated heterocycles. The molecule has 0 bridgehead atoms. The number of carbonyl (C=O) groups is 1. The molecule has 1 fully saturated rings. The molecule has 0 aromatic carbocycles. The fourth-order valence-corrected chi connectivity index (χ4v) is 3.61. The first-order chi connectivity index (χ1) is 9.93. The van der Waals surface area contributed by atoms with E-state index in [0.717, 1.165) is 30.9 Å². The molecule has 1 aliphatic rings. The fourth-order valence-electron chi connectivity index (χ4n) is 2.43. The first-order valence-electron chi connectivity index (χ1n) is 7.07. The molecule has 1 aromatic rings. The second kappa shape index (κ2) is 6.53. The van der Waals surface area contributed by atoms with Crippen LogP contribution in [0.5, 0.6) is 5.75 Å². The number of nitrogens with one attached hydrogen (secondary N) is 1. The number of nitrogens with two attached hydrogens (primary N) is 1. The fraction of sp³-hybridized carbons (Fsp3) is 0.643. The van der Waals surface area contributed by atoms with Crippen LogP contribution in [-0.4, -0.2) is 63.1 Å². The Morgan fingerprint density at radius 1 is 1.43 bits per heavy atom. The number of amides is 1. The van der Waals surface area contributed by atoms with Gasteiger partial charge in [-0.05, 0) is 33.0 Å². The van der Waals surface area contributed by atoms with Gasteiger partial charge in [0.1, 0.15) is 15.6 Å². The van der Waals surface area contributed by atoms with Crippen molar-refractivity contribution in [2.24, 2.45) is 0 Å². The lowest BCUT2D eigenvalue weighted by molar-refractivity contribution is 0.0833. The highest BCUT2D eigenvalue weighted by molar-refractivity contribution is 7.19. The largest absolute Gasteiger partial charge is 0.492 e. The zero-order chi connectivity index (χ0) is 15.6. The number of methoxy groups -OCH3 is 1. The predicted molar refractivity (Wildman–Crippen MR) is 87.4 cm³/mol. The lowest BCUT2D eigenvalue weighted by atomic mass is 10.1. The van der Waals surface area contributed by atoms with Gasteiger partial charge in [0.15, 0.2) is 5.75 Å². The number of piperidine rings is 1. The van der Waals surface area contributed by atoms with Crippen LogP contribution in [0, 0.1) is 0 Å². The number of thiophene rings is 1. The average molecular weight is 312 g/mol. The summed E-state index contributed by atoms with van der Waals surface area (Å²) in [6.07, 6.45) is 2.16. The standard InChI is InChI=1S/C14H24N4O2S/c1-17(2)14(19)12-10(15)11(20-4)13(21-12)16-9-5-7-18(3)8-6-9/h9,16H,5-8,15H2,1-4H3. The van der Waals surface area contributed by atoms with Crippen molar-refractivity contribution in [3.63, 3.8) is 0 Å². The summed E-state index contributed by atoms with van der Waals surface area (Å²) in [4.78, 5) is 16.5. The Morgan fingerprint density at radius 2 is 2.05 bits per heavy atom. The van der Waals surface area contributed by atoms with Crippen LogP contribution in [-0.2, 0) is 0 Å². The van der Waals surface area contributed by atoms with Gasteiger partial charge in [-0.15, -0.1) is 11.3 Å². The molecule has 3 N–H and O–H groups in total. The number of likely N-dealkylation sites (tertiary alicyclic amines) is 1. The second-order valence-corrected chi connectivity index (χ2v) is 6.65. The molecule has 0 unspecified atom stereocenters. The Hall–Kier alpha value is -1.47. The number of ether oxygens (including phenoxy) is 1. The van der Waals surface area contributed by atoms with Crippen molar-refractivity contribution in [3.8, 4) is 5.75 Å². The zero-order valence-electron chi connectivity index (χ0n) is 13.1. The van der Waals surface area contributed by atoms with E-state index < -0.39 is 0 Å². The van der Waals surface area contributed by atoms with E-state index in [2.05, 4.69) is 17.3 Å². The normalized spacial score (nSPS) is 16.8. The molecule has 118 valence electrons. The first kappa shape index (κ1) is 15.9. The third-order valence-corrected chi connectivity index (χ3v) is 4.86. The van der Waals surface area contributed by atoms with Crippen molar-refractivity contribution in [3.05, 3.63) is 4.88 Å². The number of hydrogen-bond acceptors (Lipinski definition) is 6. The van der Waals surface area contributed by atoms with Crippen LogP contribution in [0.4, 0.5) is 10.7 Å². The maximum Gasteiger partial charge on any atom is 0.265 e. The monoisotopic (exact) mass is 312 g/mol. The van der Waals surface area contributed by atoms with Crippen molar-refractivity contribution in [2.45, 2.75) is 18.9 Å². The van der Waals surface area contributed by atoms with Crippen LogP contribution in [0.25, 0.3) is 0 Å². The highest BCUT2D eigenvalue weighted by atomic mass is 32.1. The number of carbonyl (C=O) groups excluding carboxylic acids is 1. The lowest BCUT2D eigenvalue weighted by Crippen LogP contribution is -2.36. The minimum Gasteiger partial charge on any atom is -0.492 e. The van der Waals surface area contributed by atoms with Crippen LogP contribution in [0.2, 0.25) is 0 Å². The molecule has 0 aliphatic carbocycles. The van der Waals surface area contributed by atoms with E-state index in [0.29, 0.717) is 22.4 Å². The molecule has 0 atom stereocenters. The van der Waals surface area contributed by atoms with Crippen LogP contribution < -0.4 is 15.8 Å². The summed E-state index contributed by atoms with van der Waals surface area (Å²) in [5.41, 5.74) is 6.50. The number of anilines is 2. The van der Waals surface area contributed by atoms with Crippen molar-refractivity contribution < 1.29 is 9.53 Å². The molecular weight excluding hydrogens is 288 g/mol. The minimum atomic E-state index is -0.0905. The van der Waals surface area contributed by atoms with Crippen molar-refractivity contribution >= 4 is 27.9 Å². The van der Waals surface area contributed by atoms with Gasteiger partial charge in [-0.25, -0.2) is 0 Å². The van der Waals surface area contributed by atoms with Gasteiger partial charge in [-0.3, -0.25) is 4.79 Å². The number of nitrogens with zero attached hydrogens (tertiary/aromatic N) is 2. The van der Waals surface area contributed by atoms with Crippen molar-refractivity contribution in [1.82, 2.24) is 9.80 Å². The Bertz CT molecular complexity index is 507. The maximum absolute atomic E-state index is 12.1. The SMILES string of the molecule is COc1c(NC2CCN(C)CC2)sc(C(=O)N(C)C)c1N. The van der Waals surface area contributed by atoms with Gasteiger partial charge in [-0.1, -0.05) is 0 Å². The third kappa shape index (κ3) is 3.41. The minimum absolute atomic E-state index is 0.0905. The smallest absolute Gasteiger partial charge is 0.265 e. The Morgan fingerprint density at radius 3 is 2.57 bits per heavy atom. The average Bonchev–Trinajstić information content (AvgIpc) is 2.76. The van der Waals surface area contributed by atoms with Gasteiger partial charge in [0.2, 0.25) is 0 Å². The number of nitrogen functional groups attached to an aromatic ring is 1. The topological polar surface area (TPSA) is 70.8 Å². The van der Waals surface area contributed by atoms with Crippen molar-refractivity contribution in [2.75, 3.05) is 52.4 Å². The van der Waals surface area contributed by atoms with Gasteiger partial charge >= 0.3 is 0 Å². The maximum atomic E-state index is 12.1. The highest BCUT2D eigenvalue weighted by Gasteiger charge is 2.25. The molecule has 7 heteroatoms. The van der Waals surface area contributed by atoms with E-state index in [-0.39, 0.29) is 5.91 Å². The van der Waals surface area contributed by atoms with Gasteiger partial charge in [-0.2, -0.15) is 0 Å². The summed E-state index contributed by atoms with van der Waals surface area (Å²) >= 11 is 1.38. The Kier molecular flexibility index (Phi) is 4.95.